The van der Waals surface area contributed by atoms with E-state index >= 15 is 0 Å². The average Bonchev–Trinajstić information content (AvgIpc) is 3.28. The third-order valence-electron chi connectivity index (χ3n) is 6.03. The van der Waals surface area contributed by atoms with E-state index in [0.717, 1.165) is 0 Å². The van der Waals surface area contributed by atoms with Gasteiger partial charge in [-0.05, 0) is 21.5 Å². The molecule has 2 heterocycles. The first-order valence-corrected chi connectivity index (χ1v) is 14.4. The van der Waals surface area contributed by atoms with Gasteiger partial charge in [0.05, 0.1) is 13.2 Å². The Labute approximate surface area is 211 Å². The van der Waals surface area contributed by atoms with Gasteiger partial charge < -0.3 is 14.5 Å². The number of aromatic nitrogens is 2. The maximum absolute atomic E-state index is 12.5. The normalized spacial score (nSPS) is 18.4. The number of benzene rings is 2. The molecule has 0 saturated carbocycles. The maximum Gasteiger partial charge on any atom is 0.350 e. The lowest BCUT2D eigenvalue weighted by atomic mass is 10.2. The summed E-state index contributed by atoms with van der Waals surface area (Å²) < 4.78 is 14.6. The highest BCUT2D eigenvalue weighted by atomic mass is 32.2. The number of thioether (sulfide) groups is 1. The zero-order chi connectivity index (χ0) is 25.1. The van der Waals surface area contributed by atoms with Crippen LogP contribution in [0.25, 0.3) is 0 Å². The van der Waals surface area contributed by atoms with Gasteiger partial charge in [-0.25, -0.2) is 4.79 Å². The predicted octanol–water partition coefficient (Wildman–Crippen LogP) is 3.37. The van der Waals surface area contributed by atoms with Crippen LogP contribution in [-0.2, 0) is 14.0 Å². The third kappa shape index (κ3) is 5.43. The quantitative estimate of drug-likeness (QED) is 0.492. The van der Waals surface area contributed by atoms with Crippen molar-refractivity contribution in [3.05, 3.63) is 83.4 Å². The SMILES string of the molecule is CC(=O)Nc1ccn([C@H]2CO[C@H](CO[Si](c3ccccc3)(c3ccccc3)C(C)(C)C)S2)c(=O)n1. The van der Waals surface area contributed by atoms with Crippen molar-refractivity contribution in [1.82, 2.24) is 9.55 Å². The van der Waals surface area contributed by atoms with Crippen molar-refractivity contribution < 1.29 is 14.0 Å². The summed E-state index contributed by atoms with van der Waals surface area (Å²) in [6.07, 6.45) is 1.65. The molecule has 4 rings (SSSR count). The Hall–Kier alpha value is -2.72. The molecule has 1 saturated heterocycles. The van der Waals surface area contributed by atoms with Gasteiger partial charge in [-0.3, -0.25) is 9.36 Å². The molecule has 9 heteroatoms. The average molecular weight is 510 g/mol. The number of rotatable bonds is 7. The van der Waals surface area contributed by atoms with Crippen molar-refractivity contribution in [2.75, 3.05) is 18.5 Å². The lowest BCUT2D eigenvalue weighted by Crippen LogP contribution is -2.67. The molecule has 35 heavy (non-hydrogen) atoms. The molecule has 2 aromatic carbocycles. The fourth-order valence-electron chi connectivity index (χ4n) is 4.51. The zero-order valence-corrected chi connectivity index (χ0v) is 22.2. The van der Waals surface area contributed by atoms with Crippen LogP contribution < -0.4 is 21.4 Å². The number of nitrogens with zero attached hydrogens (tertiary/aromatic N) is 2. The van der Waals surface area contributed by atoms with Gasteiger partial charge in [0.2, 0.25) is 5.91 Å². The van der Waals surface area contributed by atoms with E-state index in [1.807, 2.05) is 12.1 Å². The largest absolute Gasteiger partial charge is 0.404 e. The molecule has 1 aliphatic rings. The number of hydrogen-bond donors (Lipinski definition) is 1. The summed E-state index contributed by atoms with van der Waals surface area (Å²) in [6.45, 7) is 8.89. The molecule has 7 nitrogen and oxygen atoms in total. The second kappa shape index (κ2) is 10.5. The van der Waals surface area contributed by atoms with Crippen molar-refractivity contribution in [2.24, 2.45) is 0 Å². The highest BCUT2D eigenvalue weighted by molar-refractivity contribution is 8.00. The van der Waals surface area contributed by atoms with Crippen molar-refractivity contribution in [3.63, 3.8) is 0 Å². The number of ether oxygens (including phenoxy) is 1. The van der Waals surface area contributed by atoms with E-state index in [1.54, 1.807) is 28.6 Å². The molecular formula is C26H31N3O4SSi. The molecule has 1 aromatic heterocycles. The van der Waals surface area contributed by atoms with Crippen LogP contribution in [0, 0.1) is 0 Å². The minimum Gasteiger partial charge on any atom is -0.404 e. The molecule has 2 atom stereocenters. The summed E-state index contributed by atoms with van der Waals surface area (Å²) >= 11 is 1.55. The summed E-state index contributed by atoms with van der Waals surface area (Å²) in [5.74, 6) is -0.0250. The van der Waals surface area contributed by atoms with E-state index < -0.39 is 14.0 Å². The molecule has 3 aromatic rings. The molecule has 0 bridgehead atoms. The third-order valence-corrected chi connectivity index (χ3v) is 12.3. The van der Waals surface area contributed by atoms with Gasteiger partial charge in [-0.15, -0.1) is 11.8 Å². The molecule has 1 fully saturated rings. The van der Waals surface area contributed by atoms with Crippen molar-refractivity contribution in [3.8, 4) is 0 Å². The lowest BCUT2D eigenvalue weighted by molar-refractivity contribution is -0.114. The van der Waals surface area contributed by atoms with Crippen LogP contribution in [0.5, 0.6) is 0 Å². The van der Waals surface area contributed by atoms with Crippen LogP contribution in [0.15, 0.2) is 77.7 Å². The Morgan fingerprint density at radius 3 is 2.23 bits per heavy atom. The Balaban J connectivity index is 1.56. The molecule has 1 aliphatic heterocycles. The van der Waals surface area contributed by atoms with Crippen molar-refractivity contribution >= 4 is 42.2 Å². The van der Waals surface area contributed by atoms with Gasteiger partial charge in [0.15, 0.2) is 0 Å². The van der Waals surface area contributed by atoms with E-state index in [2.05, 4.69) is 79.6 Å². The van der Waals surface area contributed by atoms with Crippen molar-refractivity contribution in [2.45, 2.75) is 43.5 Å². The van der Waals surface area contributed by atoms with E-state index in [-0.39, 0.29) is 27.6 Å². The second-order valence-electron chi connectivity index (χ2n) is 9.51. The van der Waals surface area contributed by atoms with E-state index in [4.69, 9.17) is 9.16 Å². The van der Waals surface area contributed by atoms with Gasteiger partial charge in [-0.1, -0.05) is 81.4 Å². The standard InChI is InChI=1S/C26H31N3O4SSi/c1-19(30)27-22-15-16-29(25(31)28-22)23-17-32-24(34-23)18-33-35(26(2,3)4,20-11-7-5-8-12-20)21-13-9-6-10-14-21/h5-16,23-24H,17-18H2,1-4H3,(H,27,28,30,31)/t23-,24+/m1/s1. The van der Waals surface area contributed by atoms with Crippen LogP contribution >= 0.6 is 11.8 Å². The first-order chi connectivity index (χ1) is 16.7. The Morgan fingerprint density at radius 2 is 1.71 bits per heavy atom. The minimum absolute atomic E-state index is 0.126. The Morgan fingerprint density at radius 1 is 1.11 bits per heavy atom. The summed E-state index contributed by atoms with van der Waals surface area (Å²) in [6, 6.07) is 22.6. The minimum atomic E-state index is -2.67. The lowest BCUT2D eigenvalue weighted by Gasteiger charge is -2.43. The first kappa shape index (κ1) is 25.4. The number of nitrogens with one attached hydrogen (secondary N) is 1. The fraction of sp³-hybridized carbons (Fsp3) is 0.346. The van der Waals surface area contributed by atoms with Gasteiger partial charge in [0.25, 0.3) is 8.32 Å². The second-order valence-corrected chi connectivity index (χ2v) is 15.2. The Kier molecular flexibility index (Phi) is 7.61. The summed E-state index contributed by atoms with van der Waals surface area (Å²) in [5.41, 5.74) is -0.644. The van der Waals surface area contributed by atoms with Crippen LogP contribution in [0.2, 0.25) is 5.04 Å². The topological polar surface area (TPSA) is 82.5 Å². The van der Waals surface area contributed by atoms with E-state index in [9.17, 15) is 9.59 Å². The summed E-state index contributed by atoms with van der Waals surface area (Å²) in [5, 5.41) is 4.63. The summed E-state index contributed by atoms with van der Waals surface area (Å²) in [7, 11) is -2.67. The fourth-order valence-corrected chi connectivity index (χ4v) is 10.3. The van der Waals surface area contributed by atoms with E-state index in [1.165, 1.54) is 17.3 Å². The number of anilines is 1. The van der Waals surface area contributed by atoms with Crippen molar-refractivity contribution in [1.29, 1.82) is 0 Å². The number of carbonyl (C=O) groups is 1. The number of carbonyl (C=O) groups excluding carboxylic acids is 1. The molecule has 0 unspecified atom stereocenters. The van der Waals surface area contributed by atoms with Crippen LogP contribution in [0.1, 0.15) is 33.1 Å². The number of amides is 1. The monoisotopic (exact) mass is 509 g/mol. The maximum atomic E-state index is 12.5. The van der Waals surface area contributed by atoms with Gasteiger partial charge in [-0.2, -0.15) is 4.98 Å². The van der Waals surface area contributed by atoms with Gasteiger partial charge >= 0.3 is 5.69 Å². The molecule has 1 amide bonds. The molecule has 0 spiro atoms. The highest BCUT2D eigenvalue weighted by Crippen LogP contribution is 2.39. The summed E-state index contributed by atoms with van der Waals surface area (Å²) in [4.78, 5) is 27.7. The predicted molar refractivity (Wildman–Crippen MR) is 143 cm³/mol. The molecule has 184 valence electrons. The number of hydrogen-bond acceptors (Lipinski definition) is 6. The van der Waals surface area contributed by atoms with Gasteiger partial charge in [0.1, 0.15) is 16.6 Å². The zero-order valence-electron chi connectivity index (χ0n) is 20.4. The first-order valence-electron chi connectivity index (χ1n) is 11.6. The van der Waals surface area contributed by atoms with Crippen LogP contribution in [-0.4, -0.2) is 42.4 Å². The highest BCUT2D eigenvalue weighted by Gasteiger charge is 2.50. The van der Waals surface area contributed by atoms with Crippen LogP contribution in [0.3, 0.4) is 0 Å². The smallest absolute Gasteiger partial charge is 0.350 e. The molecular weight excluding hydrogens is 478 g/mol. The molecule has 1 N–H and O–H groups in total. The molecule has 0 radical (unpaired) electrons. The van der Waals surface area contributed by atoms with E-state index in [0.29, 0.717) is 13.2 Å². The Bertz CT molecular complexity index is 1180. The van der Waals surface area contributed by atoms with Crippen LogP contribution in [0.4, 0.5) is 5.82 Å². The molecule has 0 aliphatic carbocycles. The van der Waals surface area contributed by atoms with Gasteiger partial charge in [0, 0.05) is 13.1 Å².